The van der Waals surface area contributed by atoms with Crippen molar-refractivity contribution >= 4 is 5.78 Å². The molecule has 31 heavy (non-hydrogen) atoms. The molecule has 3 atom stereocenters. The number of carbonyl (C=O) groups excluding carboxylic acids is 1. The molecule has 1 saturated heterocycles. The van der Waals surface area contributed by atoms with Gasteiger partial charge in [0.05, 0.1) is 14.2 Å². The van der Waals surface area contributed by atoms with Gasteiger partial charge in [-0.3, -0.25) is 4.79 Å². The number of hydrogen-bond acceptors (Lipinski definition) is 5. The van der Waals surface area contributed by atoms with Gasteiger partial charge < -0.3 is 19.1 Å². The normalized spacial score (nSPS) is 27.1. The molecule has 5 heteroatoms. The van der Waals surface area contributed by atoms with Gasteiger partial charge in [-0.25, -0.2) is 0 Å². The van der Waals surface area contributed by atoms with Crippen LogP contribution in [0.15, 0.2) is 54.3 Å². The van der Waals surface area contributed by atoms with Gasteiger partial charge in [-0.2, -0.15) is 0 Å². The molecule has 1 fully saturated rings. The summed E-state index contributed by atoms with van der Waals surface area (Å²) < 4.78 is 17.7. The topological polar surface area (TPSA) is 48.0 Å². The number of benzene rings is 2. The number of Topliss-reactive ketones (excluding diaryl/α,β-unsaturated/α-hetero) is 1. The van der Waals surface area contributed by atoms with Crippen LogP contribution in [-0.4, -0.2) is 44.5 Å². The van der Waals surface area contributed by atoms with Gasteiger partial charge in [0, 0.05) is 29.4 Å². The Bertz CT molecular complexity index is 1030. The van der Waals surface area contributed by atoms with Crippen molar-refractivity contribution in [2.24, 2.45) is 5.92 Å². The molecule has 0 amide bonds. The number of carbonyl (C=O) groups is 1. The van der Waals surface area contributed by atoms with Crippen LogP contribution in [0.5, 0.6) is 11.5 Å². The molecule has 1 heterocycles. The van der Waals surface area contributed by atoms with Crippen molar-refractivity contribution in [1.29, 1.82) is 0 Å². The Morgan fingerprint density at radius 1 is 1.10 bits per heavy atom. The zero-order chi connectivity index (χ0) is 21.6. The van der Waals surface area contributed by atoms with Gasteiger partial charge in [0.2, 0.25) is 0 Å². The van der Waals surface area contributed by atoms with E-state index in [0.29, 0.717) is 24.8 Å². The summed E-state index contributed by atoms with van der Waals surface area (Å²) >= 11 is 0. The van der Waals surface area contributed by atoms with Crippen LogP contribution < -0.4 is 9.47 Å². The van der Waals surface area contributed by atoms with Crippen LogP contribution in [0.25, 0.3) is 0 Å². The fourth-order valence-corrected chi connectivity index (χ4v) is 5.88. The first kappa shape index (κ1) is 20.1. The third-order valence-electron chi connectivity index (χ3n) is 7.41. The maximum absolute atomic E-state index is 13.0. The van der Waals surface area contributed by atoms with Crippen molar-refractivity contribution in [2.75, 3.05) is 27.8 Å². The number of ether oxygens (including phenoxy) is 3. The monoisotopic (exact) mass is 419 g/mol. The summed E-state index contributed by atoms with van der Waals surface area (Å²) in [5.74, 6) is 2.30. The number of ketones is 1. The SMILES string of the molecule is COC1=CC2C3Cc4ccc(OC)c(OCc5ccccc5)c4C2(CCN3C)CC1=O. The number of methoxy groups -OCH3 is 2. The molecule has 1 aliphatic heterocycles. The third-order valence-corrected chi connectivity index (χ3v) is 7.41. The molecule has 2 aromatic carbocycles. The number of likely N-dealkylation sites (N-methyl/N-ethyl adjacent to an activating group) is 1. The maximum atomic E-state index is 13.0. The summed E-state index contributed by atoms with van der Waals surface area (Å²) in [5.41, 5.74) is 3.25. The van der Waals surface area contributed by atoms with Gasteiger partial charge in [-0.05, 0) is 49.7 Å². The first-order valence-electron chi connectivity index (χ1n) is 10.9. The molecule has 0 aromatic heterocycles. The second-order valence-electron chi connectivity index (χ2n) is 8.92. The summed E-state index contributed by atoms with van der Waals surface area (Å²) in [5, 5.41) is 0. The number of fused-ring (bicyclic) bond motifs is 1. The maximum Gasteiger partial charge on any atom is 0.197 e. The minimum atomic E-state index is -0.287. The van der Waals surface area contributed by atoms with Gasteiger partial charge in [0.25, 0.3) is 0 Å². The number of likely N-dealkylation sites (tertiary alicyclic amines) is 1. The molecule has 2 aromatic rings. The number of nitrogens with zero attached hydrogens (tertiary/aromatic N) is 1. The minimum absolute atomic E-state index is 0.0757. The Hall–Kier alpha value is -2.79. The number of rotatable bonds is 5. The molecule has 162 valence electrons. The molecular weight excluding hydrogens is 390 g/mol. The van der Waals surface area contributed by atoms with E-state index in [1.54, 1.807) is 14.2 Å². The van der Waals surface area contributed by atoms with Crippen LogP contribution >= 0.6 is 0 Å². The standard InChI is InChI=1S/C26H29NO4/c1-27-12-11-26-15-21(28)23(30-3)14-19(26)20(27)13-18-9-10-22(29-2)25(24(18)26)31-16-17-7-5-4-6-8-17/h4-10,14,19-20H,11-13,15-16H2,1-3H3. The van der Waals surface area contributed by atoms with Crippen LogP contribution in [0.4, 0.5) is 0 Å². The van der Waals surface area contributed by atoms with Crippen LogP contribution in [-0.2, 0) is 28.0 Å². The quantitative estimate of drug-likeness (QED) is 0.736. The number of piperidine rings is 1. The fraction of sp³-hybridized carbons (Fsp3) is 0.423. The van der Waals surface area contributed by atoms with E-state index in [0.717, 1.165) is 42.0 Å². The van der Waals surface area contributed by atoms with Crippen LogP contribution in [0.1, 0.15) is 29.5 Å². The lowest BCUT2D eigenvalue weighted by atomic mass is 9.53. The van der Waals surface area contributed by atoms with E-state index in [-0.39, 0.29) is 17.1 Å². The van der Waals surface area contributed by atoms with Crippen molar-refractivity contribution < 1.29 is 19.0 Å². The first-order valence-corrected chi connectivity index (χ1v) is 10.9. The molecule has 3 unspecified atom stereocenters. The Balaban J connectivity index is 1.65. The third kappa shape index (κ3) is 3.14. The molecule has 0 spiro atoms. The van der Waals surface area contributed by atoms with Crippen molar-refractivity contribution in [3.05, 3.63) is 71.0 Å². The lowest BCUT2D eigenvalue weighted by Crippen LogP contribution is -2.60. The number of allylic oxidation sites excluding steroid dienone is 1. The lowest BCUT2D eigenvalue weighted by Gasteiger charge is -2.56. The molecule has 5 rings (SSSR count). The summed E-state index contributed by atoms with van der Waals surface area (Å²) in [4.78, 5) is 15.5. The zero-order valence-corrected chi connectivity index (χ0v) is 18.4. The molecule has 0 N–H and O–H groups in total. The molecule has 2 bridgehead atoms. The highest BCUT2D eigenvalue weighted by atomic mass is 16.5. The minimum Gasteiger partial charge on any atom is -0.493 e. The fourth-order valence-electron chi connectivity index (χ4n) is 5.88. The van der Waals surface area contributed by atoms with E-state index in [1.165, 1.54) is 5.56 Å². The highest BCUT2D eigenvalue weighted by molar-refractivity contribution is 5.96. The van der Waals surface area contributed by atoms with E-state index in [9.17, 15) is 4.79 Å². The summed E-state index contributed by atoms with van der Waals surface area (Å²) in [6.07, 6.45) is 4.36. The lowest BCUT2D eigenvalue weighted by molar-refractivity contribution is -0.122. The van der Waals surface area contributed by atoms with Gasteiger partial charge in [0.1, 0.15) is 6.61 Å². The van der Waals surface area contributed by atoms with E-state index in [2.05, 4.69) is 36.2 Å². The predicted octanol–water partition coefficient (Wildman–Crippen LogP) is 3.89. The van der Waals surface area contributed by atoms with Crippen LogP contribution in [0.3, 0.4) is 0 Å². The highest BCUT2D eigenvalue weighted by Gasteiger charge is 2.56. The Kier molecular flexibility index (Phi) is 5.01. The van der Waals surface area contributed by atoms with Crippen molar-refractivity contribution in [1.82, 2.24) is 4.90 Å². The van der Waals surface area contributed by atoms with E-state index in [1.807, 2.05) is 24.3 Å². The zero-order valence-electron chi connectivity index (χ0n) is 18.4. The average molecular weight is 420 g/mol. The Morgan fingerprint density at radius 2 is 1.90 bits per heavy atom. The van der Waals surface area contributed by atoms with Crippen molar-refractivity contribution in [2.45, 2.75) is 37.3 Å². The first-order chi connectivity index (χ1) is 15.1. The van der Waals surface area contributed by atoms with Gasteiger partial charge in [-0.1, -0.05) is 36.4 Å². The Morgan fingerprint density at radius 3 is 2.65 bits per heavy atom. The second kappa shape index (κ2) is 7.72. The van der Waals surface area contributed by atoms with Crippen LogP contribution in [0, 0.1) is 5.92 Å². The summed E-state index contributed by atoms with van der Waals surface area (Å²) in [6, 6.07) is 14.7. The number of hydrogen-bond donors (Lipinski definition) is 0. The molecule has 3 aliphatic rings. The predicted molar refractivity (Wildman–Crippen MR) is 118 cm³/mol. The van der Waals surface area contributed by atoms with Gasteiger partial charge in [-0.15, -0.1) is 0 Å². The molecule has 2 aliphatic carbocycles. The molecule has 5 nitrogen and oxygen atoms in total. The largest absolute Gasteiger partial charge is 0.493 e. The highest BCUT2D eigenvalue weighted by Crippen LogP contribution is 2.58. The average Bonchev–Trinajstić information content (AvgIpc) is 2.79. The molecule has 0 radical (unpaired) electrons. The Labute approximate surface area is 183 Å². The van der Waals surface area contributed by atoms with E-state index >= 15 is 0 Å². The molecular formula is C26H29NO4. The smallest absolute Gasteiger partial charge is 0.197 e. The summed E-state index contributed by atoms with van der Waals surface area (Å²) in [7, 11) is 5.46. The van der Waals surface area contributed by atoms with Crippen molar-refractivity contribution in [3.63, 3.8) is 0 Å². The summed E-state index contributed by atoms with van der Waals surface area (Å²) in [6.45, 7) is 1.42. The van der Waals surface area contributed by atoms with E-state index < -0.39 is 0 Å². The van der Waals surface area contributed by atoms with Crippen LogP contribution in [0.2, 0.25) is 0 Å². The molecule has 0 saturated carbocycles. The second-order valence-corrected chi connectivity index (χ2v) is 8.92. The van der Waals surface area contributed by atoms with Gasteiger partial charge >= 0.3 is 0 Å². The van der Waals surface area contributed by atoms with Gasteiger partial charge in [0.15, 0.2) is 23.0 Å². The van der Waals surface area contributed by atoms with E-state index in [4.69, 9.17) is 14.2 Å². The van der Waals surface area contributed by atoms with Crippen molar-refractivity contribution in [3.8, 4) is 11.5 Å².